The number of thiazole rings is 1. The zero-order valence-electron chi connectivity index (χ0n) is 11.4. The fraction of sp³-hybridized carbons (Fsp3) is 0.357. The number of alkyl halides is 1. The molecule has 0 fully saturated rings. The average Bonchev–Trinajstić information content (AvgIpc) is 2.99. The summed E-state index contributed by atoms with van der Waals surface area (Å²) in [6.07, 6.45) is 2.74. The number of hydrogen-bond acceptors (Lipinski definition) is 4. The Morgan fingerprint density at radius 2 is 2.15 bits per heavy atom. The Morgan fingerprint density at radius 1 is 1.30 bits per heavy atom. The summed E-state index contributed by atoms with van der Waals surface area (Å²) in [6.45, 7) is 4.84. The smallest absolute Gasteiger partial charge is 0.160 e. The Bertz CT molecular complexity index is 747. The maximum atomic E-state index is 6.00. The van der Waals surface area contributed by atoms with Crippen LogP contribution in [0.25, 0.3) is 11.2 Å². The molecule has 0 aliphatic heterocycles. The van der Waals surface area contributed by atoms with E-state index in [0.29, 0.717) is 5.88 Å². The van der Waals surface area contributed by atoms with Crippen molar-refractivity contribution in [3.05, 3.63) is 39.7 Å². The molecule has 0 aromatic carbocycles. The number of pyridine rings is 1. The monoisotopic (exact) mass is 306 g/mol. The van der Waals surface area contributed by atoms with Crippen molar-refractivity contribution in [1.29, 1.82) is 0 Å². The lowest BCUT2D eigenvalue weighted by atomic mass is 10.3. The van der Waals surface area contributed by atoms with Gasteiger partial charge in [0, 0.05) is 24.5 Å². The largest absolute Gasteiger partial charge is 0.311 e. The number of aromatic nitrogens is 4. The van der Waals surface area contributed by atoms with E-state index in [9.17, 15) is 0 Å². The van der Waals surface area contributed by atoms with E-state index in [1.165, 1.54) is 0 Å². The quantitative estimate of drug-likeness (QED) is 0.693. The number of rotatable bonds is 4. The molecule has 0 spiro atoms. The molecule has 0 saturated carbocycles. The van der Waals surface area contributed by atoms with Crippen LogP contribution in [0, 0.1) is 13.8 Å². The molecule has 0 radical (unpaired) electrons. The first-order valence-corrected chi connectivity index (χ1v) is 7.87. The van der Waals surface area contributed by atoms with Gasteiger partial charge in [-0.15, -0.1) is 22.9 Å². The third-order valence-electron chi connectivity index (χ3n) is 3.18. The first-order valence-electron chi connectivity index (χ1n) is 6.46. The molecule has 3 aromatic rings. The summed E-state index contributed by atoms with van der Waals surface area (Å²) in [5.74, 6) is 1.26. The molecule has 0 bridgehead atoms. The molecule has 6 heteroatoms. The lowest BCUT2D eigenvalue weighted by Gasteiger charge is -2.05. The maximum absolute atomic E-state index is 6.00. The average molecular weight is 307 g/mol. The van der Waals surface area contributed by atoms with Crippen LogP contribution in [0.1, 0.15) is 22.1 Å². The maximum Gasteiger partial charge on any atom is 0.160 e. The number of imidazole rings is 1. The zero-order valence-corrected chi connectivity index (χ0v) is 13.0. The number of hydrogen-bond donors (Lipinski definition) is 0. The molecule has 0 unspecified atom stereocenters. The summed E-state index contributed by atoms with van der Waals surface area (Å²) in [7, 11) is 0. The predicted octanol–water partition coefficient (Wildman–Crippen LogP) is 3.49. The van der Waals surface area contributed by atoms with Crippen LogP contribution in [-0.2, 0) is 18.8 Å². The van der Waals surface area contributed by atoms with E-state index in [0.717, 1.165) is 46.2 Å². The molecule has 104 valence electrons. The Kier molecular flexibility index (Phi) is 3.72. The molecule has 3 aromatic heterocycles. The van der Waals surface area contributed by atoms with Crippen molar-refractivity contribution in [2.45, 2.75) is 32.7 Å². The standard InChI is InChI=1S/C14H15ClN4S/c1-9-5-12-14(16-7-9)19(13(6-15)18-12)4-3-11-8-20-10(2)17-11/h5,7-8H,3-4,6H2,1-2H3. The Morgan fingerprint density at radius 3 is 2.85 bits per heavy atom. The molecule has 3 rings (SSSR count). The van der Waals surface area contributed by atoms with Crippen molar-refractivity contribution < 1.29 is 0 Å². The van der Waals surface area contributed by atoms with Gasteiger partial charge >= 0.3 is 0 Å². The Balaban J connectivity index is 1.93. The van der Waals surface area contributed by atoms with E-state index >= 15 is 0 Å². The molecule has 3 heterocycles. The van der Waals surface area contributed by atoms with Gasteiger partial charge in [0.25, 0.3) is 0 Å². The van der Waals surface area contributed by atoms with Crippen molar-refractivity contribution in [2.24, 2.45) is 0 Å². The van der Waals surface area contributed by atoms with Crippen LogP contribution in [0.5, 0.6) is 0 Å². The van der Waals surface area contributed by atoms with Gasteiger partial charge in [-0.05, 0) is 25.5 Å². The molecular formula is C14H15ClN4S. The van der Waals surface area contributed by atoms with Crippen molar-refractivity contribution in [1.82, 2.24) is 19.5 Å². The highest BCUT2D eigenvalue weighted by atomic mass is 35.5. The minimum atomic E-state index is 0.394. The van der Waals surface area contributed by atoms with E-state index in [1.54, 1.807) is 11.3 Å². The van der Waals surface area contributed by atoms with Crippen molar-refractivity contribution in [3.63, 3.8) is 0 Å². The van der Waals surface area contributed by atoms with E-state index in [-0.39, 0.29) is 0 Å². The SMILES string of the molecule is Cc1cnc2c(c1)nc(CCl)n2CCc1csc(C)n1. The third kappa shape index (κ3) is 2.55. The highest BCUT2D eigenvalue weighted by Crippen LogP contribution is 2.18. The summed E-state index contributed by atoms with van der Waals surface area (Å²) in [6, 6.07) is 2.04. The van der Waals surface area contributed by atoms with Gasteiger partial charge in [0.2, 0.25) is 0 Å². The predicted molar refractivity (Wildman–Crippen MR) is 82.4 cm³/mol. The molecule has 0 N–H and O–H groups in total. The van der Waals surface area contributed by atoms with Crippen molar-refractivity contribution in [2.75, 3.05) is 0 Å². The summed E-state index contributed by atoms with van der Waals surface area (Å²) in [4.78, 5) is 13.5. The van der Waals surface area contributed by atoms with Gasteiger partial charge in [-0.1, -0.05) is 0 Å². The second kappa shape index (κ2) is 5.50. The Labute approximate surface area is 126 Å². The lowest BCUT2D eigenvalue weighted by Crippen LogP contribution is -2.06. The highest BCUT2D eigenvalue weighted by Gasteiger charge is 2.11. The summed E-state index contributed by atoms with van der Waals surface area (Å²) in [5.41, 5.74) is 4.04. The molecule has 0 aliphatic carbocycles. The summed E-state index contributed by atoms with van der Waals surface area (Å²) in [5, 5.41) is 3.20. The number of nitrogens with zero attached hydrogens (tertiary/aromatic N) is 4. The normalized spacial score (nSPS) is 11.3. The van der Waals surface area contributed by atoms with E-state index in [1.807, 2.05) is 26.1 Å². The van der Waals surface area contributed by atoms with Gasteiger partial charge in [0.05, 0.1) is 16.6 Å². The fourth-order valence-corrected chi connectivity index (χ4v) is 3.10. The van der Waals surface area contributed by atoms with Crippen LogP contribution in [0.2, 0.25) is 0 Å². The minimum absolute atomic E-state index is 0.394. The van der Waals surface area contributed by atoms with Crippen LogP contribution >= 0.6 is 22.9 Å². The topological polar surface area (TPSA) is 43.6 Å². The van der Waals surface area contributed by atoms with Crippen LogP contribution < -0.4 is 0 Å². The van der Waals surface area contributed by atoms with Gasteiger partial charge in [0.1, 0.15) is 11.3 Å². The van der Waals surface area contributed by atoms with Crippen molar-refractivity contribution in [3.8, 4) is 0 Å². The lowest BCUT2D eigenvalue weighted by molar-refractivity contribution is 0.674. The summed E-state index contributed by atoms with van der Waals surface area (Å²) >= 11 is 7.68. The molecule has 0 aliphatic rings. The second-order valence-corrected chi connectivity index (χ2v) is 6.11. The molecular weight excluding hydrogens is 292 g/mol. The Hall–Kier alpha value is -1.46. The van der Waals surface area contributed by atoms with Gasteiger partial charge < -0.3 is 4.57 Å². The van der Waals surface area contributed by atoms with Gasteiger partial charge in [-0.3, -0.25) is 0 Å². The molecule has 0 amide bonds. The van der Waals surface area contributed by atoms with Gasteiger partial charge in [-0.25, -0.2) is 15.0 Å². The fourth-order valence-electron chi connectivity index (χ4n) is 2.24. The number of aryl methyl sites for hydroxylation is 4. The van der Waals surface area contributed by atoms with Crippen LogP contribution in [0.15, 0.2) is 17.6 Å². The van der Waals surface area contributed by atoms with Crippen molar-refractivity contribution >= 4 is 34.1 Å². The van der Waals surface area contributed by atoms with Gasteiger partial charge in [0.15, 0.2) is 5.65 Å². The zero-order chi connectivity index (χ0) is 14.1. The minimum Gasteiger partial charge on any atom is -0.311 e. The first kappa shape index (κ1) is 13.5. The second-order valence-electron chi connectivity index (χ2n) is 4.78. The van der Waals surface area contributed by atoms with E-state index in [4.69, 9.17) is 11.6 Å². The first-order chi connectivity index (χ1) is 9.67. The third-order valence-corrected chi connectivity index (χ3v) is 4.24. The van der Waals surface area contributed by atoms with Gasteiger partial charge in [-0.2, -0.15) is 0 Å². The summed E-state index contributed by atoms with van der Waals surface area (Å²) < 4.78 is 2.09. The molecule has 0 atom stereocenters. The number of halogens is 1. The molecule has 20 heavy (non-hydrogen) atoms. The van der Waals surface area contributed by atoms with Crippen LogP contribution in [0.4, 0.5) is 0 Å². The van der Waals surface area contributed by atoms with E-state index in [2.05, 4.69) is 24.9 Å². The molecule has 0 saturated heterocycles. The number of fused-ring (bicyclic) bond motifs is 1. The van der Waals surface area contributed by atoms with Crippen LogP contribution in [0.3, 0.4) is 0 Å². The molecule has 4 nitrogen and oxygen atoms in total. The van der Waals surface area contributed by atoms with Crippen LogP contribution in [-0.4, -0.2) is 19.5 Å². The highest BCUT2D eigenvalue weighted by molar-refractivity contribution is 7.09. The van der Waals surface area contributed by atoms with E-state index < -0.39 is 0 Å².